The molecule has 3 aromatic heterocycles. The summed E-state index contributed by atoms with van der Waals surface area (Å²) in [6.45, 7) is 11.8. The van der Waals surface area contributed by atoms with Crippen LogP contribution in [0.2, 0.25) is 5.02 Å². The molecule has 344 valence electrons. The molecule has 5 aliphatic rings. The Morgan fingerprint density at radius 2 is 1.75 bits per heavy atom. The van der Waals surface area contributed by atoms with Crippen LogP contribution in [-0.4, -0.2) is 130 Å². The number of ether oxygens (including phenoxy) is 2. The van der Waals surface area contributed by atoms with E-state index in [2.05, 4.69) is 42.6 Å². The molecule has 0 radical (unpaired) electrons. The molecule has 9 rings (SSSR count). The first-order valence-electron chi connectivity index (χ1n) is 22.7. The molecule has 1 aliphatic carbocycles. The van der Waals surface area contributed by atoms with Gasteiger partial charge in [-0.05, 0) is 96.2 Å². The molecule has 65 heavy (non-hydrogen) atoms. The molecule has 3 atom stereocenters. The number of aromatic nitrogens is 4. The molecule has 3 N–H and O–H groups in total. The molecule has 4 amide bonds. The Kier molecular flexibility index (Phi) is 12.4. The van der Waals surface area contributed by atoms with E-state index in [1.54, 1.807) is 21.7 Å². The highest BCUT2D eigenvalue weighted by molar-refractivity contribution is 6.33. The number of nitrogens with zero attached hydrogens (tertiary/aromatic N) is 8. The number of likely N-dealkylation sites (N-methyl/N-ethyl adjacent to an activating group) is 1. The molecule has 3 saturated heterocycles. The molecule has 7 heterocycles. The number of imide groups is 1. The number of amides is 4. The van der Waals surface area contributed by atoms with Crippen LogP contribution < -0.4 is 36.0 Å². The molecule has 4 aromatic rings. The van der Waals surface area contributed by atoms with Crippen LogP contribution in [0.3, 0.4) is 0 Å². The Morgan fingerprint density at radius 1 is 0.969 bits per heavy atom. The molecular weight excluding hydrogens is 854 g/mol. The van der Waals surface area contributed by atoms with Gasteiger partial charge in [0, 0.05) is 75.4 Å². The zero-order valence-corrected chi connectivity index (χ0v) is 38.1. The summed E-state index contributed by atoms with van der Waals surface area (Å²) in [7, 11) is 1.51. The van der Waals surface area contributed by atoms with Crippen LogP contribution in [-0.2, 0) is 19.1 Å². The Balaban J connectivity index is 0.754. The highest BCUT2D eigenvalue weighted by atomic mass is 35.5. The maximum Gasteiger partial charge on any atom is 0.293 e. The first-order valence-corrected chi connectivity index (χ1v) is 23.0. The predicted molar refractivity (Wildman–Crippen MR) is 245 cm³/mol. The van der Waals surface area contributed by atoms with Gasteiger partial charge in [0.05, 0.1) is 41.2 Å². The van der Waals surface area contributed by atoms with Gasteiger partial charge in [0.25, 0.3) is 17.4 Å². The van der Waals surface area contributed by atoms with Crippen LogP contribution in [0.1, 0.15) is 94.4 Å². The van der Waals surface area contributed by atoms with Gasteiger partial charge >= 0.3 is 0 Å². The summed E-state index contributed by atoms with van der Waals surface area (Å²) in [5, 5.41) is 9.35. The van der Waals surface area contributed by atoms with Crippen molar-refractivity contribution in [2.45, 2.75) is 109 Å². The minimum atomic E-state index is -0.679. The molecule has 0 bridgehead atoms. The van der Waals surface area contributed by atoms with E-state index in [9.17, 15) is 24.0 Å². The van der Waals surface area contributed by atoms with E-state index in [1.807, 2.05) is 51.1 Å². The standard InChI is InChI=1S/C46H56ClN11O7/c1-25(2)57-35-8-6-29(18-28(35)19-37(45(57)63)64-24-40(60)48-5)50-42-34(47)22-49-46(53-42)54-14-12-31(13-15-54)65-32-20-30(21-32)55-16-17-56(26(3)23-55)38-10-7-33-41(51-38)27(4)58(44(33)62)36-9-11-39(59)52-43(36)61/h6-8,10,18-19,22,25-27,30-32,36H,9,11-17,20-21,23-24H2,1-5H3,(H,48,60)(H,49,50,53)(H,52,59,61)/t26-,27?,30?,32?,36-/m1/s1. The second kappa shape index (κ2) is 18.2. The number of nitrogens with one attached hydrogen (secondary N) is 3. The molecule has 1 unspecified atom stereocenters. The summed E-state index contributed by atoms with van der Waals surface area (Å²) < 4.78 is 13.9. The van der Waals surface area contributed by atoms with E-state index >= 15 is 0 Å². The van der Waals surface area contributed by atoms with Gasteiger partial charge in [0.15, 0.2) is 18.2 Å². The molecule has 4 aliphatic heterocycles. The zero-order valence-electron chi connectivity index (χ0n) is 37.4. The van der Waals surface area contributed by atoms with Gasteiger partial charge in [-0.15, -0.1) is 0 Å². The molecule has 1 aromatic carbocycles. The second-order valence-corrected chi connectivity index (χ2v) is 18.5. The van der Waals surface area contributed by atoms with Crippen LogP contribution in [0.4, 0.5) is 23.3 Å². The third-order valence-corrected chi connectivity index (χ3v) is 13.8. The van der Waals surface area contributed by atoms with Crippen molar-refractivity contribution < 1.29 is 28.7 Å². The van der Waals surface area contributed by atoms with Gasteiger partial charge in [-0.1, -0.05) is 11.6 Å². The molecule has 4 fully saturated rings. The maximum atomic E-state index is 13.4. The minimum absolute atomic E-state index is 0.0915. The van der Waals surface area contributed by atoms with Gasteiger partial charge in [0.1, 0.15) is 16.9 Å². The fourth-order valence-electron chi connectivity index (χ4n) is 9.96. The summed E-state index contributed by atoms with van der Waals surface area (Å²) in [6.07, 6.45) is 6.26. The number of carbonyl (C=O) groups is 4. The fraction of sp³-hybridized carbons (Fsp3) is 0.522. The van der Waals surface area contributed by atoms with Gasteiger partial charge in [0.2, 0.25) is 17.8 Å². The van der Waals surface area contributed by atoms with Crippen molar-refractivity contribution in [2.75, 3.05) is 61.5 Å². The summed E-state index contributed by atoms with van der Waals surface area (Å²) in [4.78, 5) is 85.9. The van der Waals surface area contributed by atoms with Crippen LogP contribution in [0.25, 0.3) is 10.9 Å². The largest absolute Gasteiger partial charge is 0.478 e. The lowest BCUT2D eigenvalue weighted by Gasteiger charge is -2.49. The quantitative estimate of drug-likeness (QED) is 0.170. The monoisotopic (exact) mass is 909 g/mol. The predicted octanol–water partition coefficient (Wildman–Crippen LogP) is 4.34. The van der Waals surface area contributed by atoms with Gasteiger partial charge in [-0.25, -0.2) is 9.97 Å². The Hall–Kier alpha value is -5.85. The number of benzene rings is 1. The Bertz CT molecular complexity index is 2580. The van der Waals surface area contributed by atoms with Crippen molar-refractivity contribution >= 4 is 69.4 Å². The van der Waals surface area contributed by atoms with Crippen molar-refractivity contribution in [2.24, 2.45) is 0 Å². The van der Waals surface area contributed by atoms with E-state index in [1.165, 1.54) is 7.05 Å². The van der Waals surface area contributed by atoms with E-state index < -0.39 is 11.9 Å². The van der Waals surface area contributed by atoms with E-state index in [0.717, 1.165) is 75.1 Å². The number of fused-ring (bicyclic) bond motifs is 2. The van der Waals surface area contributed by atoms with Crippen LogP contribution >= 0.6 is 11.6 Å². The van der Waals surface area contributed by atoms with Crippen molar-refractivity contribution in [3.05, 3.63) is 69.2 Å². The number of halogens is 1. The number of pyridine rings is 2. The lowest BCUT2D eigenvalue weighted by molar-refractivity contribution is -0.137. The highest BCUT2D eigenvalue weighted by Gasteiger charge is 2.45. The minimum Gasteiger partial charge on any atom is -0.478 e. The van der Waals surface area contributed by atoms with Crippen molar-refractivity contribution in [1.82, 2.24) is 40.0 Å². The Labute approximate surface area is 382 Å². The number of piperidine rings is 2. The van der Waals surface area contributed by atoms with E-state index in [0.29, 0.717) is 46.2 Å². The molecule has 0 spiro atoms. The number of rotatable bonds is 12. The van der Waals surface area contributed by atoms with Crippen molar-refractivity contribution in [1.29, 1.82) is 0 Å². The normalized spacial score (nSPS) is 24.0. The summed E-state index contributed by atoms with van der Waals surface area (Å²) in [6, 6.07) is 10.6. The number of hydrogen-bond donors (Lipinski definition) is 3. The third-order valence-electron chi connectivity index (χ3n) is 13.5. The topological polar surface area (TPSA) is 196 Å². The van der Waals surface area contributed by atoms with E-state index in [-0.39, 0.29) is 72.4 Å². The molecule has 19 heteroatoms. The van der Waals surface area contributed by atoms with Gasteiger partial charge in [-0.3, -0.25) is 34.2 Å². The lowest BCUT2D eigenvalue weighted by Crippen LogP contribution is -2.59. The molecule has 1 saturated carbocycles. The van der Waals surface area contributed by atoms with E-state index in [4.69, 9.17) is 31.0 Å². The number of carbonyl (C=O) groups excluding carboxylic acids is 4. The van der Waals surface area contributed by atoms with Crippen molar-refractivity contribution in [3.8, 4) is 5.75 Å². The smallest absolute Gasteiger partial charge is 0.293 e. The first-order chi connectivity index (χ1) is 31.3. The Morgan fingerprint density at radius 3 is 2.48 bits per heavy atom. The maximum absolute atomic E-state index is 13.4. The first kappa shape index (κ1) is 44.4. The highest BCUT2D eigenvalue weighted by Crippen LogP contribution is 2.38. The van der Waals surface area contributed by atoms with Crippen LogP contribution in [0.5, 0.6) is 5.75 Å². The molecular formula is C46H56ClN11O7. The number of piperazine rings is 1. The summed E-state index contributed by atoms with van der Waals surface area (Å²) in [5.41, 5.74) is 2.34. The number of anilines is 4. The average molecular weight is 910 g/mol. The fourth-order valence-corrected chi connectivity index (χ4v) is 10.1. The van der Waals surface area contributed by atoms with Crippen molar-refractivity contribution in [3.63, 3.8) is 0 Å². The zero-order chi connectivity index (χ0) is 45.7. The summed E-state index contributed by atoms with van der Waals surface area (Å²) in [5.74, 6) is 0.703. The second-order valence-electron chi connectivity index (χ2n) is 18.1. The number of hydrogen-bond acceptors (Lipinski definition) is 14. The van der Waals surface area contributed by atoms with Gasteiger partial charge in [-0.2, -0.15) is 4.98 Å². The van der Waals surface area contributed by atoms with Gasteiger partial charge < -0.3 is 39.4 Å². The molecule has 18 nitrogen and oxygen atoms in total. The van der Waals surface area contributed by atoms with Crippen LogP contribution in [0.15, 0.2) is 47.4 Å². The van der Waals surface area contributed by atoms with Crippen LogP contribution in [0, 0.1) is 0 Å². The summed E-state index contributed by atoms with van der Waals surface area (Å²) >= 11 is 6.61. The average Bonchev–Trinajstić information content (AvgIpc) is 3.52. The third kappa shape index (κ3) is 8.82. The lowest BCUT2D eigenvalue weighted by atomic mass is 9.86. The SMILES string of the molecule is CNC(=O)COc1cc2cc(Nc3nc(N4CCC(OC5CC(N6CCN(c7ccc8c(n7)C(C)N([C@@H]7CCC(=O)NC7=O)C8=O)[C@H](C)C6)C5)CC4)ncc3Cl)ccc2n(C(C)C)c1=O.